The zero-order valence-electron chi connectivity index (χ0n) is 15.8. The molecule has 0 radical (unpaired) electrons. The van der Waals surface area contributed by atoms with Crippen LogP contribution in [0.25, 0.3) is 0 Å². The van der Waals surface area contributed by atoms with E-state index in [4.69, 9.17) is 4.74 Å². The monoisotopic (exact) mass is 513 g/mol. The molecule has 1 unspecified atom stereocenters. The van der Waals surface area contributed by atoms with Gasteiger partial charge in [0, 0.05) is 13.1 Å². The Morgan fingerprint density at radius 2 is 2.14 bits per heavy atom. The van der Waals surface area contributed by atoms with Crippen LogP contribution in [-0.4, -0.2) is 54.4 Å². The van der Waals surface area contributed by atoms with Gasteiger partial charge in [-0.25, -0.2) is 0 Å². The second kappa shape index (κ2) is 9.62. The normalized spacial score (nSPS) is 22.2. The molecule has 3 rings (SSSR count). The highest BCUT2D eigenvalue weighted by Gasteiger charge is 2.35. The van der Waals surface area contributed by atoms with Crippen molar-refractivity contribution in [3.05, 3.63) is 35.4 Å². The average molecular weight is 513 g/mol. The van der Waals surface area contributed by atoms with E-state index in [0.717, 1.165) is 31.4 Å². The van der Waals surface area contributed by atoms with Gasteiger partial charge in [0.1, 0.15) is 6.10 Å². The van der Waals surface area contributed by atoms with Crippen molar-refractivity contribution < 1.29 is 23.0 Å². The fraction of sp³-hybridized carbons (Fsp3) is 0.632. The number of morpholine rings is 1. The lowest BCUT2D eigenvalue weighted by molar-refractivity contribution is -0.137. The fourth-order valence-corrected chi connectivity index (χ4v) is 3.35. The van der Waals surface area contributed by atoms with Crippen LogP contribution in [0.15, 0.2) is 29.3 Å². The van der Waals surface area contributed by atoms with E-state index in [0.29, 0.717) is 44.3 Å². The zero-order valence-corrected chi connectivity index (χ0v) is 18.2. The van der Waals surface area contributed by atoms with E-state index >= 15 is 0 Å². The number of nitrogens with one attached hydrogen (secondary N) is 1. The molecule has 28 heavy (non-hydrogen) atoms. The summed E-state index contributed by atoms with van der Waals surface area (Å²) in [5.74, 6) is 0.665. The molecule has 1 saturated carbocycles. The van der Waals surface area contributed by atoms with E-state index in [2.05, 4.69) is 10.3 Å². The molecule has 1 aliphatic carbocycles. The number of hydrogen-bond donors (Lipinski definition) is 2. The first kappa shape index (κ1) is 23.2. The molecule has 2 N–H and O–H groups in total. The van der Waals surface area contributed by atoms with Crippen molar-refractivity contribution in [3.63, 3.8) is 0 Å². The first-order valence-electron chi connectivity index (χ1n) is 9.35. The summed E-state index contributed by atoms with van der Waals surface area (Å²) in [5.41, 5.74) is -0.885. The number of alkyl halides is 3. The lowest BCUT2D eigenvalue weighted by atomic mass is 9.80. The van der Waals surface area contributed by atoms with Gasteiger partial charge in [0.15, 0.2) is 5.96 Å². The highest BCUT2D eigenvalue weighted by Crippen LogP contribution is 2.33. The van der Waals surface area contributed by atoms with Crippen molar-refractivity contribution in [1.82, 2.24) is 10.2 Å². The minimum absolute atomic E-state index is 0. The van der Waals surface area contributed by atoms with Crippen LogP contribution in [0.1, 0.15) is 43.4 Å². The minimum Gasteiger partial charge on any atom is -0.388 e. The summed E-state index contributed by atoms with van der Waals surface area (Å²) in [6.07, 6.45) is -2.31. The minimum atomic E-state index is -4.38. The van der Waals surface area contributed by atoms with Crippen LogP contribution < -0.4 is 5.32 Å². The van der Waals surface area contributed by atoms with Gasteiger partial charge in [-0.05, 0) is 43.9 Å². The van der Waals surface area contributed by atoms with Gasteiger partial charge in [-0.1, -0.05) is 12.1 Å². The third-order valence-electron chi connectivity index (χ3n) is 5.09. The van der Waals surface area contributed by atoms with Crippen molar-refractivity contribution in [2.75, 3.05) is 32.8 Å². The van der Waals surface area contributed by atoms with E-state index in [9.17, 15) is 18.3 Å². The van der Waals surface area contributed by atoms with Crippen LogP contribution in [-0.2, 0) is 10.9 Å². The van der Waals surface area contributed by atoms with Crippen LogP contribution in [0.3, 0.4) is 0 Å². The summed E-state index contributed by atoms with van der Waals surface area (Å²) in [4.78, 5) is 6.55. The Morgan fingerprint density at radius 3 is 2.75 bits per heavy atom. The molecule has 1 aromatic rings. The number of hydrogen-bond acceptors (Lipinski definition) is 3. The highest BCUT2D eigenvalue weighted by atomic mass is 127. The molecular formula is C19H27F3IN3O2. The van der Waals surface area contributed by atoms with Crippen LogP contribution in [0.4, 0.5) is 13.2 Å². The van der Waals surface area contributed by atoms with Gasteiger partial charge in [0.25, 0.3) is 0 Å². The number of aliphatic imine (C=N–C) groups is 1. The molecular weight excluding hydrogens is 486 g/mol. The molecule has 1 saturated heterocycles. The van der Waals surface area contributed by atoms with Crippen LogP contribution in [0, 0.1) is 0 Å². The van der Waals surface area contributed by atoms with Crippen LogP contribution >= 0.6 is 24.0 Å². The van der Waals surface area contributed by atoms with Gasteiger partial charge < -0.3 is 20.1 Å². The summed E-state index contributed by atoms with van der Waals surface area (Å²) < 4.78 is 44.7. The Bertz CT molecular complexity index is 681. The van der Waals surface area contributed by atoms with Gasteiger partial charge >= 0.3 is 6.18 Å². The van der Waals surface area contributed by atoms with Crippen molar-refractivity contribution in [2.45, 2.75) is 44.1 Å². The summed E-state index contributed by atoms with van der Waals surface area (Å²) in [6.45, 7) is 4.36. The van der Waals surface area contributed by atoms with Crippen molar-refractivity contribution in [3.8, 4) is 0 Å². The first-order valence-corrected chi connectivity index (χ1v) is 9.35. The molecule has 158 valence electrons. The molecule has 0 bridgehead atoms. The van der Waals surface area contributed by atoms with E-state index in [-0.39, 0.29) is 24.0 Å². The topological polar surface area (TPSA) is 57.1 Å². The number of benzene rings is 1. The van der Waals surface area contributed by atoms with E-state index in [1.54, 1.807) is 6.07 Å². The molecule has 2 fully saturated rings. The van der Waals surface area contributed by atoms with Crippen LogP contribution in [0.5, 0.6) is 0 Å². The molecule has 0 spiro atoms. The summed E-state index contributed by atoms with van der Waals surface area (Å²) in [5, 5.41) is 13.5. The first-order chi connectivity index (χ1) is 12.8. The van der Waals surface area contributed by atoms with Gasteiger partial charge in [0.05, 0.1) is 30.9 Å². The second-order valence-corrected chi connectivity index (χ2v) is 7.18. The lowest BCUT2D eigenvalue weighted by Gasteiger charge is -2.38. The van der Waals surface area contributed by atoms with Crippen molar-refractivity contribution in [1.29, 1.82) is 0 Å². The lowest BCUT2D eigenvalue weighted by Crippen LogP contribution is -2.49. The predicted molar refractivity (Wildman–Crippen MR) is 112 cm³/mol. The SMILES string of the molecule is CCNC(=NCC1(O)CCC1)N1CCOC(c2cccc(C(F)(F)F)c2)C1.I. The summed E-state index contributed by atoms with van der Waals surface area (Å²) >= 11 is 0. The van der Waals surface area contributed by atoms with Gasteiger partial charge in [-0.3, -0.25) is 4.99 Å². The number of aliphatic hydroxyl groups is 1. The fourth-order valence-electron chi connectivity index (χ4n) is 3.35. The summed E-state index contributed by atoms with van der Waals surface area (Å²) in [7, 11) is 0. The van der Waals surface area contributed by atoms with Crippen molar-refractivity contribution in [2.24, 2.45) is 4.99 Å². The Balaban J connectivity index is 0.00000280. The second-order valence-electron chi connectivity index (χ2n) is 7.18. The quantitative estimate of drug-likeness (QED) is 0.368. The number of nitrogens with zero attached hydrogens (tertiary/aromatic N) is 2. The Labute approximate surface area is 180 Å². The van der Waals surface area contributed by atoms with Gasteiger partial charge in [-0.15, -0.1) is 24.0 Å². The molecule has 1 aromatic carbocycles. The maximum absolute atomic E-state index is 13.0. The number of ether oxygens (including phenoxy) is 1. The largest absolute Gasteiger partial charge is 0.416 e. The predicted octanol–water partition coefficient (Wildman–Crippen LogP) is 3.58. The number of halogens is 4. The average Bonchev–Trinajstić information content (AvgIpc) is 2.63. The van der Waals surface area contributed by atoms with Crippen LogP contribution in [0.2, 0.25) is 0 Å². The molecule has 5 nitrogen and oxygen atoms in total. The maximum atomic E-state index is 13.0. The van der Waals surface area contributed by atoms with E-state index < -0.39 is 23.4 Å². The molecule has 1 aliphatic heterocycles. The molecule has 1 heterocycles. The molecule has 0 aromatic heterocycles. The maximum Gasteiger partial charge on any atom is 0.416 e. The molecule has 0 amide bonds. The Morgan fingerprint density at radius 1 is 1.39 bits per heavy atom. The highest BCUT2D eigenvalue weighted by molar-refractivity contribution is 14.0. The van der Waals surface area contributed by atoms with E-state index in [1.165, 1.54) is 6.07 Å². The standard InChI is InChI=1S/C19H26F3N3O2.HI/c1-2-23-17(24-13-18(26)7-4-8-18)25-9-10-27-16(12-25)14-5-3-6-15(11-14)19(20,21)22;/h3,5-6,11,16,26H,2,4,7-10,12-13H2,1H3,(H,23,24);1H. The number of rotatable bonds is 4. The van der Waals surface area contributed by atoms with Gasteiger partial charge in [0.2, 0.25) is 0 Å². The van der Waals surface area contributed by atoms with E-state index in [1.807, 2.05) is 11.8 Å². The smallest absolute Gasteiger partial charge is 0.388 e. The molecule has 1 atom stereocenters. The third-order valence-corrected chi connectivity index (χ3v) is 5.09. The number of guanidine groups is 1. The Hall–Kier alpha value is -1.07. The zero-order chi connectivity index (χ0) is 19.5. The summed E-state index contributed by atoms with van der Waals surface area (Å²) in [6, 6.07) is 5.28. The molecule has 2 aliphatic rings. The van der Waals surface area contributed by atoms with Gasteiger partial charge in [-0.2, -0.15) is 13.2 Å². The Kier molecular flexibility index (Phi) is 7.97. The molecule has 9 heteroatoms. The third kappa shape index (κ3) is 5.73. The van der Waals surface area contributed by atoms with Crippen molar-refractivity contribution >= 4 is 29.9 Å².